The Morgan fingerprint density at radius 1 is 1.17 bits per heavy atom. The zero-order valence-corrected chi connectivity index (χ0v) is 17.5. The highest BCUT2D eigenvalue weighted by Gasteiger charge is 2.38. The van der Waals surface area contributed by atoms with Gasteiger partial charge in [-0.1, -0.05) is 42.5 Å². The lowest BCUT2D eigenvalue weighted by Crippen LogP contribution is -3.15. The second kappa shape index (κ2) is 9.70. The van der Waals surface area contributed by atoms with Crippen LogP contribution in [0.3, 0.4) is 0 Å². The molecule has 1 aliphatic rings. The highest BCUT2D eigenvalue weighted by molar-refractivity contribution is 5.95. The Kier molecular flexibility index (Phi) is 7.04. The van der Waals surface area contributed by atoms with E-state index in [0.29, 0.717) is 13.2 Å². The van der Waals surface area contributed by atoms with Gasteiger partial charge in [0.05, 0.1) is 19.7 Å². The van der Waals surface area contributed by atoms with E-state index in [0.717, 1.165) is 46.7 Å². The maximum atomic E-state index is 13.4. The first-order valence-electron chi connectivity index (χ1n) is 10.4. The van der Waals surface area contributed by atoms with Crippen molar-refractivity contribution in [2.45, 2.75) is 39.7 Å². The summed E-state index contributed by atoms with van der Waals surface area (Å²) in [5, 5.41) is 3.14. The molecule has 2 aromatic carbocycles. The number of hydrogen-bond acceptors (Lipinski definition) is 3. The predicted octanol–water partition coefficient (Wildman–Crippen LogP) is 2.84. The average molecular weight is 396 g/mol. The first kappa shape index (κ1) is 21.1. The molecule has 2 N–H and O–H groups in total. The lowest BCUT2D eigenvalue weighted by atomic mass is 9.94. The molecule has 1 unspecified atom stereocenters. The zero-order valence-electron chi connectivity index (χ0n) is 17.5. The van der Waals surface area contributed by atoms with E-state index in [-0.39, 0.29) is 23.8 Å². The minimum Gasteiger partial charge on any atom is -0.466 e. The van der Waals surface area contributed by atoms with Crippen molar-refractivity contribution in [3.63, 3.8) is 0 Å². The number of amides is 1. The van der Waals surface area contributed by atoms with Gasteiger partial charge in [0.25, 0.3) is 5.91 Å². The molecule has 1 aliphatic heterocycles. The van der Waals surface area contributed by atoms with E-state index in [1.54, 1.807) is 0 Å². The molecule has 3 rings (SSSR count). The SMILES string of the molecule is CCOC(=O)[C@H]1CCC[NH+]([C@H](C(=O)Nc2cc(C)ccc2C)c2ccccc2)C1. The monoisotopic (exact) mass is 395 g/mol. The second-order valence-electron chi connectivity index (χ2n) is 7.85. The Morgan fingerprint density at radius 3 is 2.66 bits per heavy atom. The third-order valence-corrected chi connectivity index (χ3v) is 5.63. The van der Waals surface area contributed by atoms with Crippen molar-refractivity contribution in [3.8, 4) is 0 Å². The molecule has 154 valence electrons. The highest BCUT2D eigenvalue weighted by Crippen LogP contribution is 2.20. The largest absolute Gasteiger partial charge is 0.466 e. The van der Waals surface area contributed by atoms with Crippen molar-refractivity contribution in [1.29, 1.82) is 0 Å². The second-order valence-corrected chi connectivity index (χ2v) is 7.85. The van der Waals surface area contributed by atoms with Gasteiger partial charge in [0.1, 0.15) is 5.92 Å². The van der Waals surface area contributed by atoms with E-state index < -0.39 is 0 Å². The molecule has 0 aromatic heterocycles. The van der Waals surface area contributed by atoms with Crippen molar-refractivity contribution >= 4 is 17.6 Å². The summed E-state index contributed by atoms with van der Waals surface area (Å²) in [6.45, 7) is 7.70. The number of benzene rings is 2. The van der Waals surface area contributed by atoms with Gasteiger partial charge in [-0.05, 0) is 50.8 Å². The van der Waals surface area contributed by atoms with Crippen LogP contribution in [0.4, 0.5) is 5.69 Å². The highest BCUT2D eigenvalue weighted by atomic mass is 16.5. The average Bonchev–Trinajstić information content (AvgIpc) is 2.72. The van der Waals surface area contributed by atoms with Crippen LogP contribution in [-0.4, -0.2) is 31.6 Å². The summed E-state index contributed by atoms with van der Waals surface area (Å²) in [7, 11) is 0. The number of aryl methyl sites for hydroxylation is 2. The number of hydrogen-bond donors (Lipinski definition) is 2. The standard InChI is InChI=1S/C24H30N2O3/c1-4-29-24(28)20-11-8-14-26(16-20)22(19-9-6-5-7-10-19)23(27)25-21-15-17(2)12-13-18(21)3/h5-7,9-10,12-13,15,20,22H,4,8,11,14,16H2,1-3H3,(H,25,27)/p+1/t20-,22-/m0/s1. The molecule has 1 heterocycles. The molecule has 0 saturated carbocycles. The summed E-state index contributed by atoms with van der Waals surface area (Å²) in [6.07, 6.45) is 1.72. The molecule has 1 fully saturated rings. The summed E-state index contributed by atoms with van der Waals surface area (Å²) in [6, 6.07) is 15.6. The van der Waals surface area contributed by atoms with E-state index in [1.807, 2.05) is 69.3 Å². The van der Waals surface area contributed by atoms with Crippen molar-refractivity contribution in [3.05, 3.63) is 65.2 Å². The van der Waals surface area contributed by atoms with E-state index in [2.05, 4.69) is 5.32 Å². The van der Waals surface area contributed by atoms with Crippen molar-refractivity contribution in [2.24, 2.45) is 5.92 Å². The summed E-state index contributed by atoms with van der Waals surface area (Å²) in [4.78, 5) is 26.9. The summed E-state index contributed by atoms with van der Waals surface area (Å²) < 4.78 is 5.25. The maximum absolute atomic E-state index is 13.4. The molecule has 3 atom stereocenters. The topological polar surface area (TPSA) is 59.8 Å². The lowest BCUT2D eigenvalue weighted by molar-refractivity contribution is -0.929. The van der Waals surface area contributed by atoms with Crippen molar-refractivity contribution < 1.29 is 19.2 Å². The van der Waals surface area contributed by atoms with Crippen LogP contribution in [0.1, 0.15) is 42.5 Å². The Morgan fingerprint density at radius 2 is 1.93 bits per heavy atom. The van der Waals surface area contributed by atoms with Crippen LogP contribution >= 0.6 is 0 Å². The van der Waals surface area contributed by atoms with Gasteiger partial charge in [0.2, 0.25) is 0 Å². The molecule has 1 amide bonds. The van der Waals surface area contributed by atoms with Crippen LogP contribution < -0.4 is 10.2 Å². The van der Waals surface area contributed by atoms with E-state index in [9.17, 15) is 9.59 Å². The molecule has 1 saturated heterocycles. The Labute approximate surface area is 173 Å². The van der Waals surface area contributed by atoms with Crippen LogP contribution in [0.5, 0.6) is 0 Å². The first-order chi connectivity index (χ1) is 14.0. The minimum atomic E-state index is -0.367. The number of esters is 1. The van der Waals surface area contributed by atoms with Crippen LogP contribution in [0.2, 0.25) is 0 Å². The number of quaternary nitrogens is 1. The van der Waals surface area contributed by atoms with Crippen LogP contribution in [0, 0.1) is 19.8 Å². The summed E-state index contributed by atoms with van der Waals surface area (Å²) >= 11 is 0. The normalized spacial score (nSPS) is 20.0. The fourth-order valence-electron chi connectivity index (χ4n) is 4.11. The molecule has 5 nitrogen and oxygen atoms in total. The van der Waals surface area contributed by atoms with Gasteiger partial charge in [-0.25, -0.2) is 0 Å². The van der Waals surface area contributed by atoms with E-state index >= 15 is 0 Å². The van der Waals surface area contributed by atoms with Crippen LogP contribution in [0.25, 0.3) is 0 Å². The molecule has 2 aromatic rings. The van der Waals surface area contributed by atoms with Crippen LogP contribution in [0.15, 0.2) is 48.5 Å². The Balaban J connectivity index is 1.86. The fraction of sp³-hybridized carbons (Fsp3) is 0.417. The summed E-state index contributed by atoms with van der Waals surface area (Å²) in [5.41, 5.74) is 3.95. The molecule has 0 spiro atoms. The molecule has 0 bridgehead atoms. The molecule has 0 aliphatic carbocycles. The molecule has 5 heteroatoms. The smallest absolute Gasteiger partial charge is 0.314 e. The molecule has 29 heavy (non-hydrogen) atoms. The number of carbonyl (C=O) groups is 2. The predicted molar refractivity (Wildman–Crippen MR) is 114 cm³/mol. The zero-order chi connectivity index (χ0) is 20.8. The third-order valence-electron chi connectivity index (χ3n) is 5.63. The quantitative estimate of drug-likeness (QED) is 0.740. The van der Waals surface area contributed by atoms with Crippen LogP contribution in [-0.2, 0) is 14.3 Å². The van der Waals surface area contributed by atoms with Gasteiger partial charge >= 0.3 is 5.97 Å². The number of nitrogens with one attached hydrogen (secondary N) is 2. The maximum Gasteiger partial charge on any atom is 0.314 e. The molecule has 0 radical (unpaired) electrons. The number of rotatable bonds is 6. The first-order valence-corrected chi connectivity index (χ1v) is 10.4. The van der Waals surface area contributed by atoms with E-state index in [1.165, 1.54) is 0 Å². The van der Waals surface area contributed by atoms with E-state index in [4.69, 9.17) is 4.74 Å². The summed E-state index contributed by atoms with van der Waals surface area (Å²) in [5.74, 6) is -0.339. The van der Waals surface area contributed by atoms with Gasteiger partial charge in [-0.15, -0.1) is 0 Å². The van der Waals surface area contributed by atoms with Gasteiger partial charge in [-0.3, -0.25) is 9.59 Å². The minimum absolute atomic E-state index is 0.0376. The van der Waals surface area contributed by atoms with Crippen molar-refractivity contribution in [1.82, 2.24) is 0 Å². The van der Waals surface area contributed by atoms with Gasteiger partial charge < -0.3 is 15.0 Å². The Bertz CT molecular complexity index is 850. The Hall–Kier alpha value is -2.66. The van der Waals surface area contributed by atoms with Crippen molar-refractivity contribution in [2.75, 3.05) is 25.0 Å². The van der Waals surface area contributed by atoms with Gasteiger partial charge in [0, 0.05) is 11.3 Å². The van der Waals surface area contributed by atoms with Gasteiger partial charge in [-0.2, -0.15) is 0 Å². The molecular formula is C24H31N2O3+. The number of carbonyl (C=O) groups excluding carboxylic acids is 2. The number of piperidine rings is 1. The lowest BCUT2D eigenvalue weighted by Gasteiger charge is -2.34. The fourth-order valence-corrected chi connectivity index (χ4v) is 4.11. The number of ether oxygens (including phenoxy) is 1. The number of likely N-dealkylation sites (tertiary alicyclic amines) is 1. The molecular weight excluding hydrogens is 364 g/mol. The number of anilines is 1. The third kappa shape index (κ3) is 5.24. The van der Waals surface area contributed by atoms with Gasteiger partial charge in [0.15, 0.2) is 6.04 Å².